The molecule has 3 aromatic rings. The Balaban J connectivity index is 1.29. The first kappa shape index (κ1) is 22.2. The van der Waals surface area contributed by atoms with Crippen LogP contribution in [0.5, 0.6) is 0 Å². The summed E-state index contributed by atoms with van der Waals surface area (Å²) in [6.07, 6.45) is 5.10. The molecule has 0 spiro atoms. The summed E-state index contributed by atoms with van der Waals surface area (Å²) < 4.78 is 31.3. The first-order valence-electron chi connectivity index (χ1n) is 11.9. The summed E-state index contributed by atoms with van der Waals surface area (Å²) in [4.78, 5) is 14.9. The summed E-state index contributed by atoms with van der Waals surface area (Å²) in [6.45, 7) is 1.75. The Labute approximate surface area is 195 Å². The second-order valence-electron chi connectivity index (χ2n) is 9.38. The Morgan fingerprint density at radius 3 is 2.33 bits per heavy atom. The highest BCUT2D eigenvalue weighted by atomic mass is 32.2. The van der Waals surface area contributed by atoms with E-state index in [-0.39, 0.29) is 22.8 Å². The molecule has 1 saturated heterocycles. The highest BCUT2D eigenvalue weighted by Crippen LogP contribution is 2.31. The monoisotopic (exact) mass is 465 g/mol. The lowest BCUT2D eigenvalue weighted by Crippen LogP contribution is -2.41. The summed E-state index contributed by atoms with van der Waals surface area (Å²) in [5, 5.41) is 1.01. The maximum atomic E-state index is 13.2. The molecule has 2 heterocycles. The van der Waals surface area contributed by atoms with Gasteiger partial charge in [-0.1, -0.05) is 36.4 Å². The zero-order valence-electron chi connectivity index (χ0n) is 19.0. The summed E-state index contributed by atoms with van der Waals surface area (Å²) in [5.74, 6) is 0.303. The molecule has 2 aromatic carbocycles. The number of nitrogens with one attached hydrogen (secondary N) is 1. The predicted molar refractivity (Wildman–Crippen MR) is 130 cm³/mol. The van der Waals surface area contributed by atoms with Crippen LogP contribution in [0.1, 0.15) is 38.5 Å². The standard InChI is InChI=1S/C26H31N3O3S/c1-28-24(19-7-3-2-4-8-19)17-21-11-14-23(18-25(21)28)33(31,32)27-22-12-9-20(10-13-22)26(30)29-15-5-6-16-29/h2-4,7-8,11,14,17-18,20,22,27H,5-6,9-10,12-13,15-16H2,1H3. The predicted octanol–water partition coefficient (Wildman–Crippen LogP) is 4.30. The molecule has 2 fully saturated rings. The number of hydrogen-bond donors (Lipinski definition) is 1. The Kier molecular flexibility index (Phi) is 6.01. The lowest BCUT2D eigenvalue weighted by atomic mass is 9.85. The largest absolute Gasteiger partial charge is 0.344 e. The van der Waals surface area contributed by atoms with Crippen LogP contribution in [0.4, 0.5) is 0 Å². The van der Waals surface area contributed by atoms with E-state index in [0.29, 0.717) is 12.8 Å². The van der Waals surface area contributed by atoms with Crippen LogP contribution in [-0.2, 0) is 21.9 Å². The highest BCUT2D eigenvalue weighted by molar-refractivity contribution is 7.89. The average Bonchev–Trinajstić information content (AvgIpc) is 3.48. The van der Waals surface area contributed by atoms with Crippen molar-refractivity contribution in [2.75, 3.05) is 13.1 Å². The molecule has 7 heteroatoms. The maximum Gasteiger partial charge on any atom is 0.240 e. The van der Waals surface area contributed by atoms with Crippen molar-refractivity contribution in [3.63, 3.8) is 0 Å². The molecule has 33 heavy (non-hydrogen) atoms. The molecule has 5 rings (SSSR count). The number of fused-ring (bicyclic) bond motifs is 1. The van der Waals surface area contributed by atoms with E-state index < -0.39 is 10.0 Å². The number of sulfonamides is 1. The number of likely N-dealkylation sites (tertiary alicyclic amines) is 1. The SMILES string of the molecule is Cn1c(-c2ccccc2)cc2ccc(S(=O)(=O)NC3CCC(C(=O)N4CCCC4)CC3)cc21. The van der Waals surface area contributed by atoms with Gasteiger partial charge in [-0.05, 0) is 62.3 Å². The minimum absolute atomic E-state index is 0.0416. The van der Waals surface area contributed by atoms with Crippen molar-refractivity contribution in [1.29, 1.82) is 0 Å². The minimum atomic E-state index is -3.64. The lowest BCUT2D eigenvalue weighted by Gasteiger charge is -2.30. The van der Waals surface area contributed by atoms with Gasteiger partial charge in [0.25, 0.3) is 0 Å². The molecule has 1 aliphatic heterocycles. The van der Waals surface area contributed by atoms with E-state index >= 15 is 0 Å². The van der Waals surface area contributed by atoms with E-state index in [4.69, 9.17) is 0 Å². The van der Waals surface area contributed by atoms with Gasteiger partial charge in [-0.3, -0.25) is 4.79 Å². The van der Waals surface area contributed by atoms with Gasteiger partial charge in [-0.15, -0.1) is 0 Å². The van der Waals surface area contributed by atoms with Crippen molar-refractivity contribution in [3.05, 3.63) is 54.6 Å². The molecular formula is C26H31N3O3S. The third-order valence-corrected chi connectivity index (χ3v) is 8.73. The molecule has 0 atom stereocenters. The molecule has 0 radical (unpaired) electrons. The zero-order chi connectivity index (χ0) is 23.0. The topological polar surface area (TPSA) is 71.4 Å². The number of aryl methyl sites for hydroxylation is 1. The van der Waals surface area contributed by atoms with Crippen LogP contribution in [0.25, 0.3) is 22.2 Å². The number of aromatic nitrogens is 1. The van der Waals surface area contributed by atoms with Gasteiger partial charge in [0, 0.05) is 48.7 Å². The molecule has 1 saturated carbocycles. The Hall–Kier alpha value is -2.64. The van der Waals surface area contributed by atoms with Crippen molar-refractivity contribution in [3.8, 4) is 11.3 Å². The smallest absolute Gasteiger partial charge is 0.240 e. The van der Waals surface area contributed by atoms with Gasteiger partial charge in [0.15, 0.2) is 0 Å². The second-order valence-corrected chi connectivity index (χ2v) is 11.1. The fourth-order valence-electron chi connectivity index (χ4n) is 5.30. The summed E-state index contributed by atoms with van der Waals surface area (Å²) in [7, 11) is -1.67. The van der Waals surface area contributed by atoms with Crippen molar-refractivity contribution >= 4 is 26.8 Å². The third-order valence-electron chi connectivity index (χ3n) is 7.21. The molecule has 1 aromatic heterocycles. The van der Waals surface area contributed by atoms with Gasteiger partial charge in [-0.2, -0.15) is 0 Å². The number of rotatable bonds is 5. The molecule has 6 nitrogen and oxygen atoms in total. The number of carbonyl (C=O) groups excluding carboxylic acids is 1. The van der Waals surface area contributed by atoms with E-state index in [1.807, 2.05) is 40.8 Å². The van der Waals surface area contributed by atoms with Gasteiger partial charge in [0.2, 0.25) is 15.9 Å². The number of nitrogens with zero attached hydrogens (tertiary/aromatic N) is 2. The van der Waals surface area contributed by atoms with Gasteiger partial charge < -0.3 is 9.47 Å². The van der Waals surface area contributed by atoms with E-state index in [2.05, 4.69) is 22.9 Å². The van der Waals surface area contributed by atoms with Crippen LogP contribution in [-0.4, -0.2) is 42.9 Å². The van der Waals surface area contributed by atoms with Gasteiger partial charge in [0.1, 0.15) is 0 Å². The van der Waals surface area contributed by atoms with E-state index in [0.717, 1.165) is 60.9 Å². The molecule has 0 unspecified atom stereocenters. The Morgan fingerprint density at radius 1 is 0.939 bits per heavy atom. The van der Waals surface area contributed by atoms with Crippen molar-refractivity contribution < 1.29 is 13.2 Å². The van der Waals surface area contributed by atoms with E-state index in [1.165, 1.54) is 0 Å². The van der Waals surface area contributed by atoms with Crippen LogP contribution in [0.15, 0.2) is 59.5 Å². The first-order chi connectivity index (χ1) is 15.9. The van der Waals surface area contributed by atoms with Crippen molar-refractivity contribution in [1.82, 2.24) is 14.2 Å². The van der Waals surface area contributed by atoms with E-state index in [9.17, 15) is 13.2 Å². The van der Waals surface area contributed by atoms with Crippen LogP contribution >= 0.6 is 0 Å². The van der Waals surface area contributed by atoms with Crippen LogP contribution < -0.4 is 4.72 Å². The fraction of sp³-hybridized carbons (Fsp3) is 0.423. The number of carbonyl (C=O) groups is 1. The van der Waals surface area contributed by atoms with Gasteiger partial charge in [0.05, 0.1) is 4.90 Å². The molecular weight excluding hydrogens is 434 g/mol. The number of amides is 1. The number of benzene rings is 2. The summed E-state index contributed by atoms with van der Waals surface area (Å²) in [5.41, 5.74) is 3.03. The maximum absolute atomic E-state index is 13.2. The van der Waals surface area contributed by atoms with E-state index in [1.54, 1.807) is 12.1 Å². The third kappa shape index (κ3) is 4.44. The van der Waals surface area contributed by atoms with Crippen molar-refractivity contribution in [2.24, 2.45) is 13.0 Å². The molecule has 1 N–H and O–H groups in total. The molecule has 1 amide bonds. The first-order valence-corrected chi connectivity index (χ1v) is 13.4. The normalized spacial score (nSPS) is 21.5. The summed E-state index contributed by atoms with van der Waals surface area (Å²) in [6, 6.07) is 17.4. The summed E-state index contributed by atoms with van der Waals surface area (Å²) >= 11 is 0. The number of hydrogen-bond acceptors (Lipinski definition) is 3. The Morgan fingerprint density at radius 2 is 1.64 bits per heavy atom. The van der Waals surface area contributed by atoms with Crippen LogP contribution in [0.2, 0.25) is 0 Å². The van der Waals surface area contributed by atoms with Crippen molar-refractivity contribution in [2.45, 2.75) is 49.5 Å². The lowest BCUT2D eigenvalue weighted by molar-refractivity contribution is -0.135. The van der Waals surface area contributed by atoms with Crippen LogP contribution in [0, 0.1) is 5.92 Å². The Bertz CT molecular complexity index is 1250. The molecule has 1 aliphatic carbocycles. The van der Waals surface area contributed by atoms with Gasteiger partial charge >= 0.3 is 0 Å². The fourth-order valence-corrected chi connectivity index (χ4v) is 6.63. The highest BCUT2D eigenvalue weighted by Gasteiger charge is 2.32. The van der Waals surface area contributed by atoms with Crippen LogP contribution in [0.3, 0.4) is 0 Å². The molecule has 0 bridgehead atoms. The molecule has 2 aliphatic rings. The molecule has 174 valence electrons. The van der Waals surface area contributed by atoms with Gasteiger partial charge in [-0.25, -0.2) is 13.1 Å². The quantitative estimate of drug-likeness (QED) is 0.611. The zero-order valence-corrected chi connectivity index (χ0v) is 19.9. The minimum Gasteiger partial charge on any atom is -0.344 e. The second kappa shape index (κ2) is 8.95. The average molecular weight is 466 g/mol.